The molecule has 0 bridgehead atoms. The van der Waals surface area contributed by atoms with Crippen LogP contribution in [0.5, 0.6) is 5.75 Å². The molecule has 1 amide bonds. The summed E-state index contributed by atoms with van der Waals surface area (Å²) < 4.78 is 16.7. The van der Waals surface area contributed by atoms with Gasteiger partial charge in [0.1, 0.15) is 17.1 Å². The molecule has 182 valence electrons. The number of pyridine rings is 1. The van der Waals surface area contributed by atoms with E-state index in [0.29, 0.717) is 34.3 Å². The van der Waals surface area contributed by atoms with E-state index in [1.807, 2.05) is 25.8 Å². The van der Waals surface area contributed by atoms with Crippen LogP contribution in [0, 0.1) is 11.7 Å². The third kappa shape index (κ3) is 4.60. The van der Waals surface area contributed by atoms with E-state index in [1.165, 1.54) is 10.6 Å². The maximum Gasteiger partial charge on any atom is 0.267 e. The standard InChI is InChI=1S/C25H29FN4O3.ClH/c1-15(2)14-30-20-6-4-5-17(21(20)23(31)22(24(27)32)25(30)33)16-7-8-19(18(26)13-16)29-11-9-28(3)10-12-29;/h4-8,13,15,31H,9-12,14H2,1-3H3,(H2,27,32);1H. The monoisotopic (exact) mass is 488 g/mol. The SMILES string of the molecule is CC(C)Cn1c(=O)c(C(N)=O)c(O)c2c(-c3ccc(N4CCN(C)CC4)c(F)c3)cccc21.Cl. The molecule has 0 aliphatic carbocycles. The van der Waals surface area contributed by atoms with E-state index in [-0.39, 0.29) is 24.1 Å². The lowest BCUT2D eigenvalue weighted by molar-refractivity contribution is 0.0996. The van der Waals surface area contributed by atoms with Crippen LogP contribution < -0.4 is 16.2 Å². The number of fused-ring (bicyclic) bond motifs is 1. The minimum atomic E-state index is -0.997. The molecule has 3 aromatic rings. The van der Waals surface area contributed by atoms with Crippen molar-refractivity contribution >= 4 is 34.9 Å². The van der Waals surface area contributed by atoms with Gasteiger partial charge in [-0.2, -0.15) is 0 Å². The Morgan fingerprint density at radius 3 is 2.41 bits per heavy atom. The van der Waals surface area contributed by atoms with Gasteiger partial charge in [-0.3, -0.25) is 9.59 Å². The smallest absolute Gasteiger partial charge is 0.267 e. The van der Waals surface area contributed by atoms with Gasteiger partial charge in [0.25, 0.3) is 11.5 Å². The van der Waals surface area contributed by atoms with E-state index in [2.05, 4.69) is 4.90 Å². The molecule has 1 saturated heterocycles. The molecule has 1 aliphatic heterocycles. The molecule has 1 aromatic heterocycles. The number of nitrogens with zero attached hydrogens (tertiary/aromatic N) is 3. The first kappa shape index (κ1) is 25.5. The van der Waals surface area contributed by atoms with Crippen LogP contribution in [0.2, 0.25) is 0 Å². The Hall–Kier alpha value is -3.10. The Kier molecular flexibility index (Phi) is 7.53. The lowest BCUT2D eigenvalue weighted by Gasteiger charge is -2.34. The third-order valence-electron chi connectivity index (χ3n) is 6.16. The van der Waals surface area contributed by atoms with Crippen molar-refractivity contribution < 1.29 is 14.3 Å². The summed E-state index contributed by atoms with van der Waals surface area (Å²) in [7, 11) is 2.04. The lowest BCUT2D eigenvalue weighted by Crippen LogP contribution is -2.44. The van der Waals surface area contributed by atoms with E-state index < -0.39 is 22.8 Å². The fraction of sp³-hybridized carbons (Fsp3) is 0.360. The van der Waals surface area contributed by atoms with Crippen molar-refractivity contribution in [3.05, 3.63) is 58.1 Å². The van der Waals surface area contributed by atoms with Crippen LogP contribution in [0.15, 0.2) is 41.2 Å². The largest absolute Gasteiger partial charge is 0.506 e. The fourth-order valence-corrected chi connectivity index (χ4v) is 4.47. The van der Waals surface area contributed by atoms with Crippen LogP contribution in [-0.4, -0.2) is 53.7 Å². The molecule has 34 heavy (non-hydrogen) atoms. The predicted octanol–water partition coefficient (Wildman–Crippen LogP) is 3.44. The number of benzene rings is 2. The van der Waals surface area contributed by atoms with Gasteiger partial charge in [0.05, 0.1) is 11.2 Å². The number of hydrogen-bond donors (Lipinski definition) is 2. The average Bonchev–Trinajstić information content (AvgIpc) is 2.76. The van der Waals surface area contributed by atoms with Gasteiger partial charge in [0.15, 0.2) is 0 Å². The molecular weight excluding hydrogens is 459 g/mol. The van der Waals surface area contributed by atoms with E-state index in [1.54, 1.807) is 30.3 Å². The number of likely N-dealkylation sites (N-methyl/N-ethyl adjacent to an activating group) is 1. The zero-order valence-corrected chi connectivity index (χ0v) is 20.4. The number of aromatic nitrogens is 1. The summed E-state index contributed by atoms with van der Waals surface area (Å²) >= 11 is 0. The number of amides is 1. The highest BCUT2D eigenvalue weighted by Gasteiger charge is 2.24. The molecule has 9 heteroatoms. The molecule has 3 N–H and O–H groups in total. The van der Waals surface area contributed by atoms with Crippen LogP contribution in [0.3, 0.4) is 0 Å². The van der Waals surface area contributed by atoms with E-state index >= 15 is 4.39 Å². The number of carbonyl (C=O) groups excluding carboxylic acids is 1. The Balaban J connectivity index is 0.00000324. The quantitative estimate of drug-likeness (QED) is 0.574. The maximum absolute atomic E-state index is 15.2. The molecule has 0 atom stereocenters. The zero-order chi connectivity index (χ0) is 23.9. The number of aromatic hydroxyl groups is 1. The van der Waals surface area contributed by atoms with Crippen molar-refractivity contribution in [2.24, 2.45) is 11.7 Å². The second kappa shape index (κ2) is 10.0. The zero-order valence-electron chi connectivity index (χ0n) is 19.5. The molecule has 1 fully saturated rings. The van der Waals surface area contributed by atoms with Crippen LogP contribution >= 0.6 is 12.4 Å². The number of anilines is 1. The molecule has 2 heterocycles. The van der Waals surface area contributed by atoms with Crippen LogP contribution in [-0.2, 0) is 6.54 Å². The molecule has 0 radical (unpaired) electrons. The molecular formula is C25H30ClFN4O3. The molecule has 1 aliphatic rings. The summed E-state index contributed by atoms with van der Waals surface area (Å²) in [5.74, 6) is -1.72. The number of nitrogens with two attached hydrogens (primary N) is 1. The number of halogens is 2. The summed E-state index contributed by atoms with van der Waals surface area (Å²) in [6.45, 7) is 7.45. The van der Waals surface area contributed by atoms with E-state index in [0.717, 1.165) is 26.2 Å². The van der Waals surface area contributed by atoms with Gasteiger partial charge in [-0.15, -0.1) is 12.4 Å². The molecule has 0 spiro atoms. The minimum Gasteiger partial charge on any atom is -0.506 e. The number of primary amides is 1. The summed E-state index contributed by atoms with van der Waals surface area (Å²) in [6, 6.07) is 10.2. The van der Waals surface area contributed by atoms with E-state index in [4.69, 9.17) is 5.73 Å². The second-order valence-electron chi connectivity index (χ2n) is 9.05. The summed E-state index contributed by atoms with van der Waals surface area (Å²) in [5, 5.41) is 11.2. The highest BCUT2D eigenvalue weighted by Crippen LogP contribution is 2.37. The highest BCUT2D eigenvalue weighted by molar-refractivity contribution is 6.06. The second-order valence-corrected chi connectivity index (χ2v) is 9.05. The molecule has 0 unspecified atom stereocenters. The number of rotatable bonds is 5. The molecule has 4 rings (SSSR count). The normalized spacial score (nSPS) is 14.4. The number of hydrogen-bond acceptors (Lipinski definition) is 5. The first-order chi connectivity index (χ1) is 15.7. The average molecular weight is 489 g/mol. The predicted molar refractivity (Wildman–Crippen MR) is 136 cm³/mol. The van der Waals surface area contributed by atoms with Crippen molar-refractivity contribution in [3.63, 3.8) is 0 Å². The summed E-state index contributed by atoms with van der Waals surface area (Å²) in [4.78, 5) is 29.2. The van der Waals surface area contributed by atoms with Crippen molar-refractivity contribution in [1.29, 1.82) is 0 Å². The Labute approximate surface area is 204 Å². The minimum absolute atomic E-state index is 0. The van der Waals surface area contributed by atoms with Crippen molar-refractivity contribution in [2.45, 2.75) is 20.4 Å². The van der Waals surface area contributed by atoms with Crippen LogP contribution in [0.4, 0.5) is 10.1 Å². The van der Waals surface area contributed by atoms with Gasteiger partial charge in [0.2, 0.25) is 0 Å². The number of carbonyl (C=O) groups is 1. The molecule has 7 nitrogen and oxygen atoms in total. The Morgan fingerprint density at radius 1 is 1.15 bits per heavy atom. The number of piperazine rings is 1. The Morgan fingerprint density at radius 2 is 1.82 bits per heavy atom. The summed E-state index contributed by atoms with van der Waals surface area (Å²) in [5.41, 5.74) is 6.43. The van der Waals surface area contributed by atoms with Gasteiger partial charge in [-0.25, -0.2) is 4.39 Å². The fourth-order valence-electron chi connectivity index (χ4n) is 4.47. The topological polar surface area (TPSA) is 91.8 Å². The van der Waals surface area contributed by atoms with Gasteiger partial charge < -0.3 is 25.2 Å². The molecule has 0 saturated carbocycles. The maximum atomic E-state index is 15.2. The van der Waals surface area contributed by atoms with Crippen molar-refractivity contribution in [1.82, 2.24) is 9.47 Å². The highest BCUT2D eigenvalue weighted by atomic mass is 35.5. The van der Waals surface area contributed by atoms with Crippen LogP contribution in [0.25, 0.3) is 22.0 Å². The van der Waals surface area contributed by atoms with Gasteiger partial charge in [-0.05, 0) is 42.3 Å². The molecule has 2 aromatic carbocycles. The van der Waals surface area contributed by atoms with Gasteiger partial charge in [0, 0.05) is 38.1 Å². The van der Waals surface area contributed by atoms with Crippen LogP contribution in [0.1, 0.15) is 24.2 Å². The first-order valence-electron chi connectivity index (χ1n) is 11.1. The Bertz CT molecular complexity index is 1280. The third-order valence-corrected chi connectivity index (χ3v) is 6.16. The van der Waals surface area contributed by atoms with Crippen molar-refractivity contribution in [3.8, 4) is 16.9 Å². The van der Waals surface area contributed by atoms with E-state index in [9.17, 15) is 14.7 Å². The first-order valence-corrected chi connectivity index (χ1v) is 11.1. The van der Waals surface area contributed by atoms with Gasteiger partial charge in [-0.1, -0.05) is 32.0 Å². The lowest BCUT2D eigenvalue weighted by atomic mass is 9.97. The van der Waals surface area contributed by atoms with Gasteiger partial charge >= 0.3 is 0 Å². The van der Waals surface area contributed by atoms with Crippen molar-refractivity contribution in [2.75, 3.05) is 38.1 Å². The summed E-state index contributed by atoms with van der Waals surface area (Å²) in [6.07, 6.45) is 0.